The summed E-state index contributed by atoms with van der Waals surface area (Å²) in [7, 11) is 2.32. The van der Waals surface area contributed by atoms with E-state index in [1.807, 2.05) is 0 Å². The number of benzene rings is 7. The van der Waals surface area contributed by atoms with Gasteiger partial charge >= 0.3 is 416 Å². The van der Waals surface area contributed by atoms with E-state index in [2.05, 4.69) is 240 Å². The van der Waals surface area contributed by atoms with Crippen molar-refractivity contribution >= 4 is 85.8 Å². The third-order valence-corrected chi connectivity index (χ3v) is 18.0. The van der Waals surface area contributed by atoms with E-state index in [9.17, 15) is 0 Å². The number of hydrogen-bond acceptors (Lipinski definition) is 2. The van der Waals surface area contributed by atoms with Crippen LogP contribution >= 0.6 is 0 Å². The van der Waals surface area contributed by atoms with Crippen LogP contribution in [0.4, 0.5) is 17.1 Å². The van der Waals surface area contributed by atoms with Gasteiger partial charge in [-0.25, -0.2) is 0 Å². The minimum absolute atomic E-state index is 0.0189. The summed E-state index contributed by atoms with van der Waals surface area (Å²) < 4.78 is 5.70. The molecule has 0 spiro atoms. The first-order chi connectivity index (χ1) is 32.1. The Bertz CT molecular complexity index is 3360. The predicted octanol–water partition coefficient (Wildman–Crippen LogP) is 13.0. The molecule has 8 aromatic rings. The van der Waals surface area contributed by atoms with Gasteiger partial charge in [-0.05, 0) is 0 Å². The maximum atomic E-state index is 2.75. The zero-order valence-corrected chi connectivity index (χ0v) is 44.8. The van der Waals surface area contributed by atoms with Gasteiger partial charge in [0, 0.05) is 0 Å². The van der Waals surface area contributed by atoms with Gasteiger partial charge in [-0.3, -0.25) is 0 Å². The molecule has 0 radical (unpaired) electrons. The van der Waals surface area contributed by atoms with Gasteiger partial charge in [0.05, 0.1) is 0 Å². The Morgan fingerprint density at radius 3 is 1.84 bits per heavy atom. The summed E-state index contributed by atoms with van der Waals surface area (Å²) in [5, 5.41) is 2.73. The average molecular weight is 957 g/mol. The van der Waals surface area contributed by atoms with Crippen molar-refractivity contribution in [2.75, 3.05) is 16.8 Å². The SMILES string of the molecule is Cc1ccccc1C1N(C)c2cccc(-c3cc4c5c(c3)-n3c6ccc(C(C)(C)C)cc6c6cc(C(C)(C)C)cc(c63)B5c3cc(C(C)(C)C)ccc3[Se]4)c2N1c1c(C(C)C)cccc1C(C)C. The molecule has 3 nitrogen and oxygen atoms in total. The molecule has 5 heteroatoms. The number of aromatic nitrogens is 1. The fraction of sp³-hybridized carbons (Fsp3) is 0.333. The number of anilines is 3. The quantitative estimate of drug-likeness (QED) is 0.159. The molecular weight excluding hydrogens is 888 g/mol. The molecule has 0 saturated carbocycles. The first-order valence-electron chi connectivity index (χ1n) is 25.1. The van der Waals surface area contributed by atoms with Crippen LogP contribution in [0.3, 0.4) is 0 Å². The molecule has 3 aliphatic rings. The normalized spacial score (nSPS) is 15.5. The van der Waals surface area contributed by atoms with E-state index in [0.29, 0.717) is 11.8 Å². The van der Waals surface area contributed by atoms with Crippen LogP contribution in [0.5, 0.6) is 0 Å². The molecule has 0 bridgehead atoms. The van der Waals surface area contributed by atoms with E-state index in [0.717, 1.165) is 0 Å². The van der Waals surface area contributed by atoms with Gasteiger partial charge in [-0.1, -0.05) is 0 Å². The molecule has 68 heavy (non-hydrogen) atoms. The molecule has 1 unspecified atom stereocenters. The van der Waals surface area contributed by atoms with Gasteiger partial charge < -0.3 is 0 Å². The van der Waals surface area contributed by atoms with Gasteiger partial charge in [0.1, 0.15) is 0 Å². The number of para-hydroxylation sites is 2. The van der Waals surface area contributed by atoms with E-state index < -0.39 is 0 Å². The first kappa shape index (κ1) is 45.0. The number of fused-ring (bicyclic) bond motifs is 8. The van der Waals surface area contributed by atoms with Crippen molar-refractivity contribution in [2.24, 2.45) is 0 Å². The molecule has 0 saturated heterocycles. The zero-order chi connectivity index (χ0) is 48.1. The Morgan fingerprint density at radius 1 is 0.559 bits per heavy atom. The molecule has 0 fully saturated rings. The summed E-state index contributed by atoms with van der Waals surface area (Å²) in [6, 6.07) is 48.4. The van der Waals surface area contributed by atoms with Crippen molar-refractivity contribution in [3.05, 3.63) is 160 Å². The van der Waals surface area contributed by atoms with E-state index >= 15 is 0 Å². The Hall–Kier alpha value is -5.48. The van der Waals surface area contributed by atoms with Gasteiger partial charge in [0.2, 0.25) is 0 Å². The third kappa shape index (κ3) is 6.80. The molecule has 0 N–H and O–H groups in total. The van der Waals surface area contributed by atoms with Crippen LogP contribution in [0, 0.1) is 6.92 Å². The van der Waals surface area contributed by atoms with E-state index in [1.165, 1.54) is 120 Å². The Kier molecular flexibility index (Phi) is 10.3. The van der Waals surface area contributed by atoms with Crippen LogP contribution in [0.1, 0.15) is 147 Å². The topological polar surface area (TPSA) is 11.4 Å². The Morgan fingerprint density at radius 2 is 1.18 bits per heavy atom. The number of nitrogens with zero attached hydrogens (tertiary/aromatic N) is 3. The molecule has 344 valence electrons. The summed E-state index contributed by atoms with van der Waals surface area (Å²) in [5.41, 5.74) is 24.6. The summed E-state index contributed by atoms with van der Waals surface area (Å²) in [6.07, 6.45) is -0.0212. The van der Waals surface area contributed by atoms with Crippen LogP contribution < -0.4 is 35.1 Å². The first-order valence-corrected chi connectivity index (χ1v) is 26.8. The molecule has 3 aliphatic heterocycles. The van der Waals surface area contributed by atoms with Gasteiger partial charge in [0.15, 0.2) is 0 Å². The standard InChI is InChI=1S/C63H68BN3Se/c1-36(2)43-22-18-23-44(37(3)4)57(43)67-59-46(24-19-25-52(59)65(15)60(67)45-21-17-16-20-38(45)5)39-30-53-56-55(31-39)68-54-29-27-41(62(9,10)11)34-49(54)64(56)50-35-42(63(12,13)14)33-48-47-32-40(61(6,7)8)26-28-51(47)66(53)58(48)50/h16-37,60H,1-15H3. The van der Waals surface area contributed by atoms with Crippen LogP contribution in [0.15, 0.2) is 121 Å². The van der Waals surface area contributed by atoms with Crippen molar-refractivity contribution in [3.8, 4) is 16.8 Å². The van der Waals surface area contributed by atoms with Crippen LogP contribution in [-0.4, -0.2) is 33.3 Å². The molecular formula is C63H68BN3Se. The van der Waals surface area contributed by atoms with E-state index in [-0.39, 0.29) is 44.1 Å². The molecule has 1 atom stereocenters. The van der Waals surface area contributed by atoms with Crippen LogP contribution in [0.25, 0.3) is 38.6 Å². The minimum atomic E-state index is -0.0212. The summed E-state index contributed by atoms with van der Waals surface area (Å²) >= 11 is 0.0934. The monoisotopic (exact) mass is 957 g/mol. The van der Waals surface area contributed by atoms with Crippen molar-refractivity contribution in [3.63, 3.8) is 0 Å². The fourth-order valence-corrected chi connectivity index (χ4v) is 14.3. The average Bonchev–Trinajstić information content (AvgIpc) is 3.77. The maximum absolute atomic E-state index is 2.75. The molecule has 0 amide bonds. The number of hydrogen-bond donors (Lipinski definition) is 0. The van der Waals surface area contributed by atoms with Crippen molar-refractivity contribution in [1.29, 1.82) is 0 Å². The molecule has 1 aromatic heterocycles. The van der Waals surface area contributed by atoms with Gasteiger partial charge in [-0.15, -0.1) is 0 Å². The summed E-state index contributed by atoms with van der Waals surface area (Å²) in [6.45, 7) is 33.2. The van der Waals surface area contributed by atoms with Gasteiger partial charge in [0.25, 0.3) is 0 Å². The second-order valence-corrected chi connectivity index (χ2v) is 26.2. The van der Waals surface area contributed by atoms with Crippen molar-refractivity contribution in [1.82, 2.24) is 4.57 Å². The summed E-state index contributed by atoms with van der Waals surface area (Å²) in [4.78, 5) is 5.30. The second kappa shape index (κ2) is 15.5. The second-order valence-electron chi connectivity index (χ2n) is 24.0. The van der Waals surface area contributed by atoms with E-state index in [4.69, 9.17) is 0 Å². The Balaban J connectivity index is 1.26. The van der Waals surface area contributed by atoms with Gasteiger partial charge in [-0.2, -0.15) is 0 Å². The van der Waals surface area contributed by atoms with Crippen molar-refractivity contribution < 1.29 is 0 Å². The van der Waals surface area contributed by atoms with Crippen LogP contribution in [-0.2, 0) is 16.2 Å². The third-order valence-electron chi connectivity index (χ3n) is 15.6. The van der Waals surface area contributed by atoms with Crippen LogP contribution in [0.2, 0.25) is 0 Å². The summed E-state index contributed by atoms with van der Waals surface area (Å²) in [5.74, 6) is 0.688. The molecule has 7 aromatic carbocycles. The Labute approximate surface area is 413 Å². The van der Waals surface area contributed by atoms with Crippen molar-refractivity contribution in [2.45, 2.75) is 131 Å². The predicted molar refractivity (Wildman–Crippen MR) is 298 cm³/mol. The van der Waals surface area contributed by atoms with E-state index in [1.54, 1.807) is 0 Å². The number of rotatable bonds is 5. The number of aryl methyl sites for hydroxylation is 1. The molecule has 11 rings (SSSR count). The molecule has 0 aliphatic carbocycles. The fourth-order valence-electron chi connectivity index (χ4n) is 11.8. The zero-order valence-electron chi connectivity index (χ0n) is 43.1. The molecule has 4 heterocycles.